The lowest BCUT2D eigenvalue weighted by atomic mass is 9.94. The van der Waals surface area contributed by atoms with E-state index in [1.807, 2.05) is 6.92 Å². The summed E-state index contributed by atoms with van der Waals surface area (Å²) in [5.74, 6) is -0.641. The van der Waals surface area contributed by atoms with E-state index in [1.165, 1.54) is 0 Å². The molecule has 0 heterocycles. The third kappa shape index (κ3) is 8.32. The van der Waals surface area contributed by atoms with Crippen molar-refractivity contribution in [1.82, 2.24) is 0 Å². The van der Waals surface area contributed by atoms with Gasteiger partial charge >= 0.3 is 5.97 Å². The molecular formula is C10H20FNO3. The number of ether oxygens (including phenoxy) is 1. The number of hydrogen-bond donors (Lipinski definition) is 2. The van der Waals surface area contributed by atoms with E-state index < -0.39 is 12.6 Å². The van der Waals surface area contributed by atoms with Crippen molar-refractivity contribution in [2.75, 3.05) is 26.4 Å². The van der Waals surface area contributed by atoms with Gasteiger partial charge in [-0.1, -0.05) is 6.92 Å². The van der Waals surface area contributed by atoms with Crippen LogP contribution in [0.5, 0.6) is 0 Å². The standard InChI is InChI=1S/C10H20FNO3/c1-8(7-15-3-2-11)4-9(6-12)5-10(13)14/h8-9H,2-7,12H2,1H3,(H,13,14)/t8-,9-/m0/s1. The van der Waals surface area contributed by atoms with Crippen LogP contribution in [0.4, 0.5) is 4.39 Å². The second kappa shape index (κ2) is 8.61. The molecule has 15 heavy (non-hydrogen) atoms. The molecule has 3 N–H and O–H groups in total. The Hall–Kier alpha value is -0.680. The fraction of sp³-hybridized carbons (Fsp3) is 0.900. The molecule has 90 valence electrons. The monoisotopic (exact) mass is 221 g/mol. The second-order valence-electron chi connectivity index (χ2n) is 3.80. The summed E-state index contributed by atoms with van der Waals surface area (Å²) in [4.78, 5) is 10.5. The second-order valence-corrected chi connectivity index (χ2v) is 3.80. The number of nitrogens with two attached hydrogens (primary N) is 1. The van der Waals surface area contributed by atoms with E-state index in [0.29, 0.717) is 19.6 Å². The van der Waals surface area contributed by atoms with Crippen molar-refractivity contribution in [3.8, 4) is 0 Å². The summed E-state index contributed by atoms with van der Waals surface area (Å²) >= 11 is 0. The molecule has 5 heteroatoms. The van der Waals surface area contributed by atoms with Gasteiger partial charge in [-0.3, -0.25) is 4.79 Å². The van der Waals surface area contributed by atoms with Crippen molar-refractivity contribution in [1.29, 1.82) is 0 Å². The summed E-state index contributed by atoms with van der Waals surface area (Å²) in [6.07, 6.45) is 0.791. The molecule has 0 spiro atoms. The lowest BCUT2D eigenvalue weighted by Crippen LogP contribution is -2.22. The van der Waals surface area contributed by atoms with Gasteiger partial charge in [-0.15, -0.1) is 0 Å². The molecule has 0 aliphatic carbocycles. The van der Waals surface area contributed by atoms with Gasteiger partial charge in [0, 0.05) is 13.0 Å². The van der Waals surface area contributed by atoms with Crippen LogP contribution in [0.15, 0.2) is 0 Å². The van der Waals surface area contributed by atoms with Crippen molar-refractivity contribution in [2.24, 2.45) is 17.6 Å². The number of carboxylic acid groups (broad SMARTS) is 1. The van der Waals surface area contributed by atoms with Crippen LogP contribution in [0, 0.1) is 11.8 Å². The van der Waals surface area contributed by atoms with Gasteiger partial charge in [-0.05, 0) is 24.8 Å². The summed E-state index contributed by atoms with van der Waals surface area (Å²) in [6, 6.07) is 0. The van der Waals surface area contributed by atoms with E-state index in [4.69, 9.17) is 15.6 Å². The van der Waals surface area contributed by atoms with Gasteiger partial charge in [-0.2, -0.15) is 0 Å². The molecule has 0 rings (SSSR count). The SMILES string of the molecule is C[C@H](COCCF)C[C@H](CN)CC(=O)O. The van der Waals surface area contributed by atoms with E-state index in [0.717, 1.165) is 0 Å². The molecule has 0 aromatic rings. The Labute approximate surface area is 89.6 Å². The highest BCUT2D eigenvalue weighted by atomic mass is 19.1. The molecule has 0 saturated heterocycles. The molecule has 0 saturated carbocycles. The van der Waals surface area contributed by atoms with Gasteiger partial charge in [0.1, 0.15) is 6.67 Å². The van der Waals surface area contributed by atoms with Crippen LogP contribution in [0.2, 0.25) is 0 Å². The molecule has 0 bridgehead atoms. The van der Waals surface area contributed by atoms with Crippen LogP contribution >= 0.6 is 0 Å². The first-order chi connectivity index (χ1) is 7.10. The van der Waals surface area contributed by atoms with E-state index in [9.17, 15) is 9.18 Å². The van der Waals surface area contributed by atoms with Gasteiger partial charge in [0.15, 0.2) is 0 Å². The first kappa shape index (κ1) is 14.3. The van der Waals surface area contributed by atoms with Crippen molar-refractivity contribution in [2.45, 2.75) is 19.8 Å². The minimum Gasteiger partial charge on any atom is -0.481 e. The fourth-order valence-corrected chi connectivity index (χ4v) is 1.49. The topological polar surface area (TPSA) is 72.5 Å². The molecule has 0 amide bonds. The zero-order valence-corrected chi connectivity index (χ0v) is 9.12. The molecule has 0 aromatic heterocycles. The maximum atomic E-state index is 11.7. The van der Waals surface area contributed by atoms with Crippen LogP contribution in [0.25, 0.3) is 0 Å². The number of aliphatic carboxylic acids is 1. The van der Waals surface area contributed by atoms with E-state index in [2.05, 4.69) is 0 Å². The summed E-state index contributed by atoms with van der Waals surface area (Å²) in [5, 5.41) is 8.61. The highest BCUT2D eigenvalue weighted by Gasteiger charge is 2.15. The van der Waals surface area contributed by atoms with Crippen molar-refractivity contribution < 1.29 is 19.0 Å². The fourth-order valence-electron chi connectivity index (χ4n) is 1.49. The number of carboxylic acids is 1. The Balaban J connectivity index is 3.69. The number of alkyl halides is 1. The zero-order chi connectivity index (χ0) is 11.7. The summed E-state index contributed by atoms with van der Waals surface area (Å²) < 4.78 is 16.8. The Bertz CT molecular complexity index is 178. The summed E-state index contributed by atoms with van der Waals surface area (Å²) in [5.41, 5.74) is 5.46. The quantitative estimate of drug-likeness (QED) is 0.571. The smallest absolute Gasteiger partial charge is 0.303 e. The number of halogens is 1. The zero-order valence-electron chi connectivity index (χ0n) is 9.12. The first-order valence-electron chi connectivity index (χ1n) is 5.15. The van der Waals surface area contributed by atoms with Crippen molar-refractivity contribution >= 4 is 5.97 Å². The largest absolute Gasteiger partial charge is 0.481 e. The molecule has 0 aliphatic rings. The van der Waals surface area contributed by atoms with E-state index in [-0.39, 0.29) is 24.9 Å². The molecular weight excluding hydrogens is 201 g/mol. The average molecular weight is 221 g/mol. The predicted molar refractivity (Wildman–Crippen MR) is 55.4 cm³/mol. The Morgan fingerprint density at radius 2 is 2.27 bits per heavy atom. The molecule has 0 unspecified atom stereocenters. The molecule has 2 atom stereocenters. The van der Waals surface area contributed by atoms with Crippen LogP contribution in [-0.2, 0) is 9.53 Å². The van der Waals surface area contributed by atoms with Gasteiger partial charge in [-0.25, -0.2) is 4.39 Å². The average Bonchev–Trinajstić information content (AvgIpc) is 2.16. The van der Waals surface area contributed by atoms with Crippen LogP contribution in [0.1, 0.15) is 19.8 Å². The van der Waals surface area contributed by atoms with E-state index >= 15 is 0 Å². The molecule has 0 aliphatic heterocycles. The van der Waals surface area contributed by atoms with E-state index in [1.54, 1.807) is 0 Å². The van der Waals surface area contributed by atoms with Crippen molar-refractivity contribution in [3.05, 3.63) is 0 Å². The number of rotatable bonds is 9. The van der Waals surface area contributed by atoms with Gasteiger partial charge < -0.3 is 15.6 Å². The Morgan fingerprint density at radius 3 is 2.73 bits per heavy atom. The Morgan fingerprint density at radius 1 is 1.60 bits per heavy atom. The van der Waals surface area contributed by atoms with Gasteiger partial charge in [0.2, 0.25) is 0 Å². The molecule has 0 fully saturated rings. The summed E-state index contributed by atoms with van der Waals surface area (Å²) in [7, 11) is 0. The maximum Gasteiger partial charge on any atom is 0.303 e. The highest BCUT2D eigenvalue weighted by molar-refractivity contribution is 5.67. The third-order valence-corrected chi connectivity index (χ3v) is 2.16. The minimum atomic E-state index is -0.831. The molecule has 0 radical (unpaired) electrons. The molecule has 0 aromatic carbocycles. The normalized spacial score (nSPS) is 14.9. The number of carbonyl (C=O) groups is 1. The lowest BCUT2D eigenvalue weighted by Gasteiger charge is -2.17. The van der Waals surface area contributed by atoms with Crippen LogP contribution in [0.3, 0.4) is 0 Å². The third-order valence-electron chi connectivity index (χ3n) is 2.16. The minimum absolute atomic E-state index is 0.0218. The van der Waals surface area contributed by atoms with Crippen LogP contribution < -0.4 is 5.73 Å². The lowest BCUT2D eigenvalue weighted by molar-refractivity contribution is -0.138. The van der Waals surface area contributed by atoms with Crippen LogP contribution in [-0.4, -0.2) is 37.5 Å². The Kier molecular flexibility index (Phi) is 8.22. The van der Waals surface area contributed by atoms with Crippen molar-refractivity contribution in [3.63, 3.8) is 0 Å². The maximum absolute atomic E-state index is 11.7. The predicted octanol–water partition coefficient (Wildman–Crippen LogP) is 1.05. The van der Waals surface area contributed by atoms with Gasteiger partial charge in [0.25, 0.3) is 0 Å². The highest BCUT2D eigenvalue weighted by Crippen LogP contribution is 2.15. The summed E-state index contributed by atoms with van der Waals surface area (Å²) in [6.45, 7) is 2.39. The van der Waals surface area contributed by atoms with Gasteiger partial charge in [0.05, 0.1) is 6.61 Å². The molecule has 4 nitrogen and oxygen atoms in total. The number of hydrogen-bond acceptors (Lipinski definition) is 3. The first-order valence-corrected chi connectivity index (χ1v) is 5.15.